The van der Waals surface area contributed by atoms with E-state index >= 15 is 0 Å². The van der Waals surface area contributed by atoms with E-state index in [1.807, 2.05) is 12.1 Å². The first-order chi connectivity index (χ1) is 15.2. The van der Waals surface area contributed by atoms with Crippen LogP contribution in [0.4, 0.5) is 22.0 Å². The highest BCUT2D eigenvalue weighted by Gasteiger charge is 2.41. The van der Waals surface area contributed by atoms with E-state index in [0.717, 1.165) is 55.2 Å². The van der Waals surface area contributed by atoms with E-state index in [1.165, 1.54) is 18.4 Å². The summed E-state index contributed by atoms with van der Waals surface area (Å²) >= 11 is 0. The van der Waals surface area contributed by atoms with Crippen LogP contribution in [0.15, 0.2) is 60.7 Å². The van der Waals surface area contributed by atoms with Crippen molar-refractivity contribution in [2.24, 2.45) is 5.92 Å². The SMILES string of the molecule is CC1CCC(c2ccc(-c3cc(F)c(C(F)(F)Oc4ccc(F)cc4)c(F)c3)cc2)CC1. The maximum atomic E-state index is 14.6. The summed E-state index contributed by atoms with van der Waals surface area (Å²) in [5, 5.41) is 0. The standard InChI is InChI=1S/C26H23F5O/c1-16-2-4-17(5-3-16)18-6-8-19(9-7-18)20-14-23(28)25(24(29)15-20)26(30,31)32-22-12-10-21(27)11-13-22/h6-17H,2-5H2,1H3. The molecule has 0 atom stereocenters. The topological polar surface area (TPSA) is 9.23 Å². The lowest BCUT2D eigenvalue weighted by Gasteiger charge is -2.26. The Balaban J connectivity index is 1.56. The lowest BCUT2D eigenvalue weighted by molar-refractivity contribution is -0.189. The molecule has 168 valence electrons. The first kappa shape index (κ1) is 22.3. The second-order valence-electron chi connectivity index (χ2n) is 8.47. The van der Waals surface area contributed by atoms with Crippen molar-refractivity contribution in [3.63, 3.8) is 0 Å². The van der Waals surface area contributed by atoms with Crippen LogP contribution in [0.25, 0.3) is 11.1 Å². The third kappa shape index (κ3) is 4.79. The van der Waals surface area contributed by atoms with Gasteiger partial charge in [0.25, 0.3) is 0 Å². The first-order valence-corrected chi connectivity index (χ1v) is 10.6. The van der Waals surface area contributed by atoms with E-state index < -0.39 is 34.9 Å². The van der Waals surface area contributed by atoms with Gasteiger partial charge in [0, 0.05) is 0 Å². The quantitative estimate of drug-likeness (QED) is 0.359. The van der Waals surface area contributed by atoms with Crippen molar-refractivity contribution in [3.05, 3.63) is 89.2 Å². The summed E-state index contributed by atoms with van der Waals surface area (Å²) < 4.78 is 75.6. The summed E-state index contributed by atoms with van der Waals surface area (Å²) in [5.41, 5.74) is 0.381. The zero-order valence-corrected chi connectivity index (χ0v) is 17.6. The van der Waals surface area contributed by atoms with Gasteiger partial charge >= 0.3 is 6.11 Å². The van der Waals surface area contributed by atoms with Gasteiger partial charge in [-0.15, -0.1) is 0 Å². The highest BCUT2D eigenvalue weighted by molar-refractivity contribution is 5.64. The van der Waals surface area contributed by atoms with Crippen LogP contribution in [0.1, 0.15) is 49.7 Å². The molecule has 1 nitrogen and oxygen atoms in total. The molecule has 0 saturated heterocycles. The van der Waals surface area contributed by atoms with Gasteiger partial charge in [-0.05, 0) is 77.8 Å². The molecule has 32 heavy (non-hydrogen) atoms. The largest absolute Gasteiger partial charge is 0.432 e. The Hall–Kier alpha value is -2.89. The van der Waals surface area contributed by atoms with Gasteiger partial charge in [0.15, 0.2) is 0 Å². The summed E-state index contributed by atoms with van der Waals surface area (Å²) in [5.74, 6) is -2.69. The van der Waals surface area contributed by atoms with Gasteiger partial charge in [-0.3, -0.25) is 0 Å². The predicted octanol–water partition coefficient (Wildman–Crippen LogP) is 8.19. The van der Waals surface area contributed by atoms with Crippen molar-refractivity contribution < 1.29 is 26.7 Å². The number of hydrogen-bond acceptors (Lipinski definition) is 1. The van der Waals surface area contributed by atoms with E-state index in [9.17, 15) is 22.0 Å². The zero-order valence-electron chi connectivity index (χ0n) is 17.6. The lowest BCUT2D eigenvalue weighted by atomic mass is 9.79. The summed E-state index contributed by atoms with van der Waals surface area (Å²) in [7, 11) is 0. The summed E-state index contributed by atoms with van der Waals surface area (Å²) in [6.07, 6.45) is 0.312. The maximum Gasteiger partial charge on any atom is 0.432 e. The molecule has 0 bridgehead atoms. The Kier molecular flexibility index (Phi) is 6.22. The Morgan fingerprint density at radius 1 is 0.750 bits per heavy atom. The number of ether oxygens (including phenoxy) is 1. The minimum atomic E-state index is -4.27. The van der Waals surface area contributed by atoms with Gasteiger partial charge < -0.3 is 4.74 Å². The normalized spacial score (nSPS) is 19.1. The molecule has 0 heterocycles. The molecule has 0 aromatic heterocycles. The fraction of sp³-hybridized carbons (Fsp3) is 0.308. The Morgan fingerprint density at radius 3 is 1.88 bits per heavy atom. The molecule has 3 aromatic carbocycles. The average molecular weight is 446 g/mol. The molecular formula is C26H23F5O. The molecule has 0 N–H and O–H groups in total. The van der Waals surface area contributed by atoms with E-state index in [0.29, 0.717) is 11.5 Å². The monoisotopic (exact) mass is 446 g/mol. The third-order valence-electron chi connectivity index (χ3n) is 6.12. The second-order valence-corrected chi connectivity index (χ2v) is 8.47. The Labute approximate surface area is 183 Å². The highest BCUT2D eigenvalue weighted by atomic mass is 19.3. The molecule has 1 saturated carbocycles. The Bertz CT molecular complexity index is 1050. The lowest BCUT2D eigenvalue weighted by Crippen LogP contribution is -2.25. The predicted molar refractivity (Wildman–Crippen MR) is 113 cm³/mol. The minimum absolute atomic E-state index is 0.158. The molecule has 0 radical (unpaired) electrons. The Morgan fingerprint density at radius 2 is 1.31 bits per heavy atom. The summed E-state index contributed by atoms with van der Waals surface area (Å²) in [6.45, 7) is 2.25. The molecule has 1 aliphatic rings. The molecule has 4 rings (SSSR count). The van der Waals surface area contributed by atoms with Crippen LogP contribution in [0, 0.1) is 23.4 Å². The number of hydrogen-bond donors (Lipinski definition) is 0. The first-order valence-electron chi connectivity index (χ1n) is 10.6. The van der Waals surface area contributed by atoms with Crippen LogP contribution in [0.3, 0.4) is 0 Å². The van der Waals surface area contributed by atoms with Crippen LogP contribution in [-0.4, -0.2) is 0 Å². The van der Waals surface area contributed by atoms with E-state index in [2.05, 4.69) is 11.7 Å². The second kappa shape index (κ2) is 8.93. The van der Waals surface area contributed by atoms with Crippen molar-refractivity contribution in [2.75, 3.05) is 0 Å². The fourth-order valence-electron chi connectivity index (χ4n) is 4.26. The smallest absolute Gasteiger partial charge is 0.429 e. The van der Waals surface area contributed by atoms with Crippen molar-refractivity contribution in [2.45, 2.75) is 44.6 Å². The van der Waals surface area contributed by atoms with Gasteiger partial charge in [-0.25, -0.2) is 13.2 Å². The molecule has 0 unspecified atom stereocenters. The van der Waals surface area contributed by atoms with Gasteiger partial charge in [0.2, 0.25) is 0 Å². The van der Waals surface area contributed by atoms with Crippen molar-refractivity contribution in [1.29, 1.82) is 0 Å². The molecule has 1 aliphatic carbocycles. The van der Waals surface area contributed by atoms with Gasteiger partial charge in [0.05, 0.1) is 0 Å². The number of rotatable bonds is 5. The van der Waals surface area contributed by atoms with Gasteiger partial charge in [-0.2, -0.15) is 8.78 Å². The third-order valence-corrected chi connectivity index (χ3v) is 6.12. The molecule has 6 heteroatoms. The minimum Gasteiger partial charge on any atom is -0.429 e. The van der Waals surface area contributed by atoms with Gasteiger partial charge in [0.1, 0.15) is 28.8 Å². The zero-order chi connectivity index (χ0) is 22.9. The van der Waals surface area contributed by atoms with Crippen molar-refractivity contribution in [3.8, 4) is 16.9 Å². The highest BCUT2D eigenvalue weighted by Crippen LogP contribution is 2.38. The maximum absolute atomic E-state index is 14.6. The molecule has 0 amide bonds. The molecule has 0 aliphatic heterocycles. The van der Waals surface area contributed by atoms with E-state index in [1.54, 1.807) is 12.1 Å². The number of benzene rings is 3. The van der Waals surface area contributed by atoms with Crippen LogP contribution in [-0.2, 0) is 6.11 Å². The van der Waals surface area contributed by atoms with Crippen molar-refractivity contribution >= 4 is 0 Å². The molecule has 3 aromatic rings. The molecule has 1 fully saturated rings. The van der Waals surface area contributed by atoms with Crippen LogP contribution in [0.5, 0.6) is 5.75 Å². The van der Waals surface area contributed by atoms with Gasteiger partial charge in [-0.1, -0.05) is 44.0 Å². The van der Waals surface area contributed by atoms with Crippen LogP contribution < -0.4 is 4.74 Å². The van der Waals surface area contributed by atoms with Crippen LogP contribution in [0.2, 0.25) is 0 Å². The van der Waals surface area contributed by atoms with E-state index in [4.69, 9.17) is 0 Å². The molecular weight excluding hydrogens is 423 g/mol. The number of halogens is 5. The average Bonchev–Trinajstić information content (AvgIpc) is 2.75. The van der Waals surface area contributed by atoms with Crippen LogP contribution >= 0.6 is 0 Å². The summed E-state index contributed by atoms with van der Waals surface area (Å²) in [6, 6.07) is 12.9. The fourth-order valence-corrected chi connectivity index (χ4v) is 4.26. The number of alkyl halides is 2. The summed E-state index contributed by atoms with van der Waals surface area (Å²) in [4.78, 5) is 0. The molecule has 0 spiro atoms. The van der Waals surface area contributed by atoms with E-state index in [-0.39, 0.29) is 5.56 Å². The van der Waals surface area contributed by atoms with Crippen molar-refractivity contribution in [1.82, 2.24) is 0 Å².